The van der Waals surface area contributed by atoms with E-state index in [1.165, 1.54) is 0 Å². The molecule has 0 bridgehead atoms. The molecule has 16 heavy (non-hydrogen) atoms. The molecule has 86 valence electrons. The minimum atomic E-state index is -0.0836. The van der Waals surface area contributed by atoms with E-state index >= 15 is 0 Å². The molecule has 1 aromatic carbocycles. The Morgan fingerprint density at radius 3 is 2.88 bits per heavy atom. The molecule has 3 nitrogen and oxygen atoms in total. The van der Waals surface area contributed by atoms with Gasteiger partial charge in [0.15, 0.2) is 0 Å². The summed E-state index contributed by atoms with van der Waals surface area (Å²) < 4.78 is 0.915. The fourth-order valence-electron chi connectivity index (χ4n) is 1.89. The number of rotatable bonds is 2. The maximum Gasteiger partial charge on any atom is 0.244 e. The Balaban J connectivity index is 2.29. The van der Waals surface area contributed by atoms with Crippen molar-refractivity contribution in [3.63, 3.8) is 0 Å². The highest BCUT2D eigenvalue weighted by molar-refractivity contribution is 9.10. The molecular weight excluding hydrogens is 291 g/mol. The average Bonchev–Trinajstić information content (AvgIpc) is 2.60. The second-order valence-electron chi connectivity index (χ2n) is 3.72. The summed E-state index contributed by atoms with van der Waals surface area (Å²) in [5.74, 6) is 0.0896. The van der Waals surface area contributed by atoms with Crippen molar-refractivity contribution in [2.75, 3.05) is 18.5 Å². The molecule has 0 aliphatic carbocycles. The third-order valence-electron chi connectivity index (χ3n) is 2.75. The molecule has 2 rings (SSSR count). The van der Waals surface area contributed by atoms with Gasteiger partial charge >= 0.3 is 0 Å². The minimum Gasteiger partial charge on any atom is -0.310 e. The Labute approximate surface area is 108 Å². The molecule has 0 radical (unpaired) electrons. The molecule has 0 aromatic heterocycles. The van der Waals surface area contributed by atoms with Crippen molar-refractivity contribution in [2.45, 2.75) is 12.5 Å². The summed E-state index contributed by atoms with van der Waals surface area (Å²) in [6.45, 7) is 0.714. The lowest BCUT2D eigenvalue weighted by molar-refractivity contribution is -0.118. The van der Waals surface area contributed by atoms with E-state index in [1.807, 2.05) is 12.1 Å². The number of carbonyl (C=O) groups excluding carboxylic acids is 1. The second-order valence-corrected chi connectivity index (χ2v) is 5.04. The summed E-state index contributed by atoms with van der Waals surface area (Å²) in [5.41, 5.74) is 0.785. The molecule has 1 atom stereocenters. The standard InChI is InChI=1S/C11H12BrClN2O/c1-14-9-4-5-15(11(9)16)10-3-2-7(12)6-8(10)13/h2-3,6,9,14H,4-5H2,1H3. The van der Waals surface area contributed by atoms with Crippen LogP contribution in [0.15, 0.2) is 22.7 Å². The highest BCUT2D eigenvalue weighted by Crippen LogP contribution is 2.31. The summed E-state index contributed by atoms with van der Waals surface area (Å²) in [6.07, 6.45) is 0.821. The van der Waals surface area contributed by atoms with Crippen LogP contribution in [-0.2, 0) is 4.79 Å². The molecular formula is C11H12BrClN2O. The van der Waals surface area contributed by atoms with Gasteiger partial charge in [0.2, 0.25) is 5.91 Å². The fraction of sp³-hybridized carbons (Fsp3) is 0.364. The predicted molar refractivity (Wildman–Crippen MR) is 69.0 cm³/mol. The molecule has 1 saturated heterocycles. The summed E-state index contributed by atoms with van der Waals surface area (Å²) in [6, 6.07) is 5.47. The third-order valence-corrected chi connectivity index (χ3v) is 3.55. The number of carbonyl (C=O) groups is 1. The van der Waals surface area contributed by atoms with Gasteiger partial charge < -0.3 is 10.2 Å². The van der Waals surface area contributed by atoms with Crippen LogP contribution < -0.4 is 10.2 Å². The zero-order valence-corrected chi connectivity index (χ0v) is 11.2. The van der Waals surface area contributed by atoms with Gasteiger partial charge in [0.05, 0.1) is 16.8 Å². The van der Waals surface area contributed by atoms with Crippen molar-refractivity contribution in [3.8, 4) is 0 Å². The van der Waals surface area contributed by atoms with Crippen molar-refractivity contribution in [3.05, 3.63) is 27.7 Å². The molecule has 1 fully saturated rings. The zero-order valence-electron chi connectivity index (χ0n) is 8.84. The highest BCUT2D eigenvalue weighted by Gasteiger charge is 2.32. The number of nitrogens with zero attached hydrogens (tertiary/aromatic N) is 1. The summed E-state index contributed by atoms with van der Waals surface area (Å²) in [5, 5.41) is 3.60. The first kappa shape index (κ1) is 11.9. The van der Waals surface area contributed by atoms with Crippen LogP contribution >= 0.6 is 27.5 Å². The van der Waals surface area contributed by atoms with Gasteiger partial charge in [0, 0.05) is 11.0 Å². The van der Waals surface area contributed by atoms with Crippen molar-refractivity contribution in [2.24, 2.45) is 0 Å². The molecule has 1 amide bonds. The van der Waals surface area contributed by atoms with Crippen LogP contribution in [0, 0.1) is 0 Å². The van der Waals surface area contributed by atoms with E-state index in [9.17, 15) is 4.79 Å². The summed E-state index contributed by atoms with van der Waals surface area (Å²) >= 11 is 9.47. The van der Waals surface area contributed by atoms with Gasteiger partial charge in [-0.15, -0.1) is 0 Å². The van der Waals surface area contributed by atoms with E-state index in [-0.39, 0.29) is 11.9 Å². The van der Waals surface area contributed by atoms with Gasteiger partial charge in [-0.2, -0.15) is 0 Å². The average molecular weight is 304 g/mol. The van der Waals surface area contributed by atoms with Crippen LogP contribution in [0.1, 0.15) is 6.42 Å². The smallest absolute Gasteiger partial charge is 0.244 e. The molecule has 1 unspecified atom stereocenters. The number of halogens is 2. The molecule has 1 aliphatic heterocycles. The van der Waals surface area contributed by atoms with Crippen molar-refractivity contribution in [1.82, 2.24) is 5.32 Å². The molecule has 1 aliphatic rings. The Kier molecular flexibility index (Phi) is 3.52. The van der Waals surface area contributed by atoms with Crippen molar-refractivity contribution >= 4 is 39.1 Å². The molecule has 5 heteroatoms. The Morgan fingerprint density at radius 1 is 1.56 bits per heavy atom. The number of hydrogen-bond donors (Lipinski definition) is 1. The fourth-order valence-corrected chi connectivity index (χ4v) is 2.66. The van der Waals surface area contributed by atoms with Gasteiger partial charge in [0.1, 0.15) is 0 Å². The van der Waals surface area contributed by atoms with E-state index < -0.39 is 0 Å². The normalized spacial score (nSPS) is 20.6. The van der Waals surface area contributed by atoms with Gasteiger partial charge in [-0.3, -0.25) is 4.79 Å². The summed E-state index contributed by atoms with van der Waals surface area (Å²) in [4.78, 5) is 13.7. The van der Waals surface area contributed by atoms with Gasteiger partial charge in [-0.05, 0) is 31.7 Å². The monoisotopic (exact) mass is 302 g/mol. The highest BCUT2D eigenvalue weighted by atomic mass is 79.9. The zero-order chi connectivity index (χ0) is 11.7. The van der Waals surface area contributed by atoms with Crippen LogP contribution in [0.5, 0.6) is 0 Å². The van der Waals surface area contributed by atoms with Crippen molar-refractivity contribution in [1.29, 1.82) is 0 Å². The van der Waals surface area contributed by atoms with Crippen molar-refractivity contribution < 1.29 is 4.79 Å². The SMILES string of the molecule is CNC1CCN(c2ccc(Br)cc2Cl)C1=O. The van der Waals surface area contributed by atoms with E-state index in [4.69, 9.17) is 11.6 Å². The van der Waals surface area contributed by atoms with Gasteiger partial charge in [-0.25, -0.2) is 0 Å². The first-order valence-electron chi connectivity index (χ1n) is 5.07. The van der Waals surface area contributed by atoms with E-state index in [0.29, 0.717) is 11.6 Å². The van der Waals surface area contributed by atoms with Gasteiger partial charge in [-0.1, -0.05) is 27.5 Å². The summed E-state index contributed by atoms with van der Waals surface area (Å²) in [7, 11) is 1.80. The Morgan fingerprint density at radius 2 is 2.31 bits per heavy atom. The Hall–Kier alpha value is -0.580. The minimum absolute atomic E-state index is 0.0836. The second kappa shape index (κ2) is 4.73. The van der Waals surface area contributed by atoms with Crippen LogP contribution in [0.3, 0.4) is 0 Å². The number of benzene rings is 1. The number of likely N-dealkylation sites (N-methyl/N-ethyl adjacent to an activating group) is 1. The predicted octanol–water partition coefficient (Wildman–Crippen LogP) is 2.43. The number of hydrogen-bond acceptors (Lipinski definition) is 2. The largest absolute Gasteiger partial charge is 0.310 e. The lowest BCUT2D eigenvalue weighted by Crippen LogP contribution is -2.36. The molecule has 1 aromatic rings. The third kappa shape index (κ3) is 2.10. The quantitative estimate of drug-likeness (QED) is 0.910. The maximum absolute atomic E-state index is 12.0. The molecule has 0 spiro atoms. The molecule has 1 N–H and O–H groups in total. The van der Waals surface area contributed by atoms with E-state index in [2.05, 4.69) is 21.2 Å². The van der Waals surface area contributed by atoms with Crippen LogP contribution in [-0.4, -0.2) is 25.5 Å². The lowest BCUT2D eigenvalue weighted by Gasteiger charge is -2.18. The van der Waals surface area contributed by atoms with Crippen LogP contribution in [0.25, 0.3) is 0 Å². The first-order valence-corrected chi connectivity index (χ1v) is 6.24. The topological polar surface area (TPSA) is 32.3 Å². The maximum atomic E-state index is 12.0. The van der Waals surface area contributed by atoms with E-state index in [0.717, 1.165) is 16.6 Å². The van der Waals surface area contributed by atoms with Gasteiger partial charge in [0.25, 0.3) is 0 Å². The van der Waals surface area contributed by atoms with Crippen LogP contribution in [0.4, 0.5) is 5.69 Å². The number of amides is 1. The lowest BCUT2D eigenvalue weighted by atomic mass is 10.2. The molecule has 0 saturated carbocycles. The first-order chi connectivity index (χ1) is 7.63. The van der Waals surface area contributed by atoms with Crippen LogP contribution in [0.2, 0.25) is 5.02 Å². The number of nitrogens with one attached hydrogen (secondary N) is 1. The molecule has 1 heterocycles. The number of anilines is 1. The van der Waals surface area contributed by atoms with E-state index in [1.54, 1.807) is 18.0 Å². The Bertz CT molecular complexity index is 424.